The first-order valence-corrected chi connectivity index (χ1v) is 8.96. The molecule has 1 aliphatic rings. The fourth-order valence-corrected chi connectivity index (χ4v) is 4.67. The number of thiazole rings is 1. The lowest BCUT2D eigenvalue weighted by Crippen LogP contribution is -2.12. The van der Waals surface area contributed by atoms with Gasteiger partial charge in [0, 0.05) is 11.6 Å². The number of aromatic nitrogens is 2. The summed E-state index contributed by atoms with van der Waals surface area (Å²) in [7, 11) is 0. The number of hydrogen-bond donors (Lipinski definition) is 2. The molecule has 4 rings (SSSR count). The SMILES string of the molecule is CC1CCCC1c1cccc2cc(-c3ncc(CO)s3)n(N)c12. The van der Waals surface area contributed by atoms with Crippen molar-refractivity contribution in [1.82, 2.24) is 9.66 Å². The zero-order valence-corrected chi connectivity index (χ0v) is 14.0. The summed E-state index contributed by atoms with van der Waals surface area (Å²) < 4.78 is 1.79. The molecule has 3 aromatic rings. The molecule has 3 N–H and O–H groups in total. The highest BCUT2D eigenvalue weighted by Gasteiger charge is 2.27. The Morgan fingerprint density at radius 2 is 2.26 bits per heavy atom. The Hall–Kier alpha value is -1.85. The van der Waals surface area contributed by atoms with Crippen molar-refractivity contribution in [2.24, 2.45) is 5.92 Å². The number of aliphatic hydroxyl groups is 1. The Kier molecular flexibility index (Phi) is 3.62. The number of nitrogens with zero attached hydrogens (tertiary/aromatic N) is 2. The van der Waals surface area contributed by atoms with E-state index in [0.29, 0.717) is 11.8 Å². The molecule has 1 fully saturated rings. The Morgan fingerprint density at radius 1 is 1.39 bits per heavy atom. The summed E-state index contributed by atoms with van der Waals surface area (Å²) in [4.78, 5) is 5.27. The standard InChI is InChI=1S/C18H21N3OS/c1-11-4-2-6-14(11)15-7-3-5-12-8-16(21(19)17(12)15)18-20-9-13(10-22)23-18/h3,5,7-9,11,14,22H,2,4,6,10,19H2,1H3. The van der Waals surface area contributed by atoms with Gasteiger partial charge >= 0.3 is 0 Å². The van der Waals surface area contributed by atoms with Crippen molar-refractivity contribution < 1.29 is 5.11 Å². The third-order valence-electron chi connectivity index (χ3n) is 5.08. The molecule has 0 saturated heterocycles. The molecule has 4 nitrogen and oxygen atoms in total. The molecule has 1 aromatic carbocycles. The van der Waals surface area contributed by atoms with Gasteiger partial charge in [0.15, 0.2) is 0 Å². The molecule has 2 aromatic heterocycles. The van der Waals surface area contributed by atoms with Crippen molar-refractivity contribution in [3.8, 4) is 10.7 Å². The van der Waals surface area contributed by atoms with Gasteiger partial charge in [-0.15, -0.1) is 11.3 Å². The monoisotopic (exact) mass is 327 g/mol. The molecule has 120 valence electrons. The number of nitrogen functional groups attached to an aromatic ring is 1. The fourth-order valence-electron chi connectivity index (χ4n) is 3.88. The van der Waals surface area contributed by atoms with Crippen LogP contribution in [-0.4, -0.2) is 14.8 Å². The second-order valence-corrected chi connectivity index (χ2v) is 7.60. The minimum Gasteiger partial charge on any atom is -0.391 e. The maximum Gasteiger partial charge on any atom is 0.142 e. The van der Waals surface area contributed by atoms with Gasteiger partial charge in [-0.2, -0.15) is 0 Å². The number of para-hydroxylation sites is 1. The van der Waals surface area contributed by atoms with Gasteiger partial charge in [-0.25, -0.2) is 4.98 Å². The lowest BCUT2D eigenvalue weighted by atomic mass is 9.89. The predicted octanol–water partition coefficient (Wildman–Crippen LogP) is 3.87. The Balaban J connectivity index is 1.87. The van der Waals surface area contributed by atoms with Crippen LogP contribution in [0.15, 0.2) is 30.5 Å². The van der Waals surface area contributed by atoms with Crippen molar-refractivity contribution in [3.05, 3.63) is 40.9 Å². The topological polar surface area (TPSA) is 64.1 Å². The highest BCUT2D eigenvalue weighted by atomic mass is 32.1. The van der Waals surface area contributed by atoms with Crippen LogP contribution in [0.1, 0.15) is 42.5 Å². The van der Waals surface area contributed by atoms with E-state index in [2.05, 4.69) is 36.2 Å². The van der Waals surface area contributed by atoms with Crippen LogP contribution in [0.2, 0.25) is 0 Å². The molecule has 0 amide bonds. The van der Waals surface area contributed by atoms with E-state index in [1.54, 1.807) is 10.9 Å². The Morgan fingerprint density at radius 3 is 2.96 bits per heavy atom. The van der Waals surface area contributed by atoms with Crippen LogP contribution in [0.4, 0.5) is 0 Å². The Labute approximate surface area is 139 Å². The van der Waals surface area contributed by atoms with Crippen LogP contribution < -0.4 is 5.84 Å². The van der Waals surface area contributed by atoms with E-state index in [9.17, 15) is 5.11 Å². The fraction of sp³-hybridized carbons (Fsp3) is 0.389. The van der Waals surface area contributed by atoms with Gasteiger partial charge in [-0.05, 0) is 29.9 Å². The van der Waals surface area contributed by atoms with Gasteiger partial charge in [0.25, 0.3) is 0 Å². The molecule has 0 spiro atoms. The number of nitrogens with two attached hydrogens (primary N) is 1. The van der Waals surface area contributed by atoms with Crippen molar-refractivity contribution in [2.45, 2.75) is 38.7 Å². The van der Waals surface area contributed by atoms with Gasteiger partial charge in [0.2, 0.25) is 0 Å². The number of fused-ring (bicyclic) bond motifs is 1. The quantitative estimate of drug-likeness (QED) is 0.718. The normalized spacial score (nSPS) is 21.3. The molecule has 1 saturated carbocycles. The summed E-state index contributed by atoms with van der Waals surface area (Å²) >= 11 is 1.49. The highest BCUT2D eigenvalue weighted by molar-refractivity contribution is 7.15. The smallest absolute Gasteiger partial charge is 0.142 e. The third-order valence-corrected chi connectivity index (χ3v) is 6.09. The van der Waals surface area contributed by atoms with Crippen molar-refractivity contribution in [2.75, 3.05) is 5.84 Å². The van der Waals surface area contributed by atoms with Crippen molar-refractivity contribution in [1.29, 1.82) is 0 Å². The van der Waals surface area contributed by atoms with E-state index in [4.69, 9.17) is 5.84 Å². The summed E-state index contributed by atoms with van der Waals surface area (Å²) in [6.07, 6.45) is 5.56. The Bertz CT molecular complexity index is 851. The number of aliphatic hydroxyl groups excluding tert-OH is 1. The molecule has 2 atom stereocenters. The van der Waals surface area contributed by atoms with Crippen LogP contribution in [0.5, 0.6) is 0 Å². The molecule has 0 bridgehead atoms. The molecule has 2 unspecified atom stereocenters. The van der Waals surface area contributed by atoms with Crippen LogP contribution in [0, 0.1) is 5.92 Å². The van der Waals surface area contributed by atoms with Gasteiger partial charge in [0.05, 0.1) is 22.7 Å². The van der Waals surface area contributed by atoms with Crippen molar-refractivity contribution in [3.63, 3.8) is 0 Å². The first kappa shape index (κ1) is 14.7. The van der Waals surface area contributed by atoms with E-state index in [1.807, 2.05) is 0 Å². The first-order valence-electron chi connectivity index (χ1n) is 8.14. The lowest BCUT2D eigenvalue weighted by Gasteiger charge is -2.18. The van der Waals surface area contributed by atoms with E-state index in [1.165, 1.54) is 41.5 Å². The van der Waals surface area contributed by atoms with E-state index >= 15 is 0 Å². The lowest BCUT2D eigenvalue weighted by molar-refractivity contribution is 0.285. The minimum absolute atomic E-state index is 0.0211. The van der Waals surface area contributed by atoms with E-state index in [-0.39, 0.29) is 6.61 Å². The summed E-state index contributed by atoms with van der Waals surface area (Å²) in [6.45, 7) is 2.36. The summed E-state index contributed by atoms with van der Waals surface area (Å²) in [5.74, 6) is 7.76. The second-order valence-electron chi connectivity index (χ2n) is 6.49. The van der Waals surface area contributed by atoms with Gasteiger partial charge < -0.3 is 10.9 Å². The summed E-state index contributed by atoms with van der Waals surface area (Å²) in [5, 5.41) is 11.3. The van der Waals surface area contributed by atoms with Crippen LogP contribution in [0.3, 0.4) is 0 Å². The van der Waals surface area contributed by atoms with Crippen molar-refractivity contribution >= 4 is 22.2 Å². The number of rotatable bonds is 3. The zero-order valence-electron chi connectivity index (χ0n) is 13.2. The molecule has 2 heterocycles. The maximum absolute atomic E-state index is 9.26. The van der Waals surface area contributed by atoms with Gasteiger partial charge in [-0.3, -0.25) is 4.68 Å². The average Bonchev–Trinajstić information content (AvgIpc) is 3.26. The maximum atomic E-state index is 9.26. The molecule has 0 radical (unpaired) electrons. The largest absolute Gasteiger partial charge is 0.391 e. The first-order chi connectivity index (χ1) is 11.2. The van der Waals surface area contributed by atoms with Crippen LogP contribution >= 0.6 is 11.3 Å². The summed E-state index contributed by atoms with van der Waals surface area (Å²) in [6, 6.07) is 8.58. The average molecular weight is 327 g/mol. The number of benzene rings is 1. The highest BCUT2D eigenvalue weighted by Crippen LogP contribution is 2.42. The molecule has 23 heavy (non-hydrogen) atoms. The molecule has 1 aliphatic carbocycles. The van der Waals surface area contributed by atoms with E-state index < -0.39 is 0 Å². The third kappa shape index (κ3) is 2.35. The van der Waals surface area contributed by atoms with Gasteiger partial charge in [-0.1, -0.05) is 38.0 Å². The van der Waals surface area contributed by atoms with Crippen LogP contribution in [-0.2, 0) is 6.61 Å². The second kappa shape index (κ2) is 5.65. The number of hydrogen-bond acceptors (Lipinski definition) is 4. The van der Waals surface area contributed by atoms with Gasteiger partial charge in [0.1, 0.15) is 5.01 Å². The zero-order chi connectivity index (χ0) is 16.0. The van der Waals surface area contributed by atoms with E-state index in [0.717, 1.165) is 21.1 Å². The molecule has 0 aliphatic heterocycles. The molecular formula is C18H21N3OS. The molecular weight excluding hydrogens is 306 g/mol. The minimum atomic E-state index is 0.0211. The predicted molar refractivity (Wildman–Crippen MR) is 94.9 cm³/mol. The summed E-state index contributed by atoms with van der Waals surface area (Å²) in [5.41, 5.74) is 3.41. The molecule has 5 heteroatoms. The van der Waals surface area contributed by atoms with Crippen LogP contribution in [0.25, 0.3) is 21.6 Å².